The second kappa shape index (κ2) is 6.44. The van der Waals surface area contributed by atoms with E-state index in [2.05, 4.69) is 20.6 Å². The number of nitrogens with zero attached hydrogens (tertiary/aromatic N) is 4. The summed E-state index contributed by atoms with van der Waals surface area (Å²) < 4.78 is 1.33. The van der Waals surface area contributed by atoms with E-state index in [4.69, 9.17) is 5.11 Å². The minimum Gasteiger partial charge on any atom is -0.476 e. The first-order valence-electron chi connectivity index (χ1n) is 6.32. The smallest absolute Gasteiger partial charge is 0.358 e. The summed E-state index contributed by atoms with van der Waals surface area (Å²) in [6, 6.07) is 0. The summed E-state index contributed by atoms with van der Waals surface area (Å²) in [7, 11) is 0. The number of rotatable bonds is 6. The van der Waals surface area contributed by atoms with Crippen molar-refractivity contribution in [2.24, 2.45) is 5.92 Å². The van der Waals surface area contributed by atoms with Crippen molar-refractivity contribution in [3.8, 4) is 0 Å². The first-order valence-corrected chi connectivity index (χ1v) is 7.20. The number of thiazole rings is 1. The second-order valence-corrected chi connectivity index (χ2v) is 5.73. The molecule has 0 atom stereocenters. The SMILES string of the molecule is CC(C)Cc1c(C(=O)O)nnn1CC(=O)Nc1nccs1. The van der Waals surface area contributed by atoms with Gasteiger partial charge in [-0.05, 0) is 12.3 Å². The first-order chi connectivity index (χ1) is 9.97. The van der Waals surface area contributed by atoms with E-state index in [1.165, 1.54) is 16.0 Å². The third kappa shape index (κ3) is 3.85. The summed E-state index contributed by atoms with van der Waals surface area (Å²) in [5.74, 6) is -1.24. The largest absolute Gasteiger partial charge is 0.476 e. The summed E-state index contributed by atoms with van der Waals surface area (Å²) in [4.78, 5) is 27.0. The number of aromatic nitrogens is 4. The fourth-order valence-electron chi connectivity index (χ4n) is 1.79. The van der Waals surface area contributed by atoms with Crippen LogP contribution in [0.15, 0.2) is 11.6 Å². The molecule has 21 heavy (non-hydrogen) atoms. The Morgan fingerprint density at radius 3 is 2.81 bits per heavy atom. The maximum Gasteiger partial charge on any atom is 0.358 e. The molecular weight excluding hydrogens is 294 g/mol. The molecule has 9 heteroatoms. The molecule has 0 saturated heterocycles. The van der Waals surface area contributed by atoms with Gasteiger partial charge in [-0.15, -0.1) is 16.4 Å². The average molecular weight is 309 g/mol. The molecule has 0 aliphatic rings. The van der Waals surface area contributed by atoms with Crippen molar-refractivity contribution in [2.75, 3.05) is 5.32 Å². The zero-order valence-corrected chi connectivity index (χ0v) is 12.4. The summed E-state index contributed by atoms with van der Waals surface area (Å²) in [5.41, 5.74) is 0.345. The number of carbonyl (C=O) groups excluding carboxylic acids is 1. The number of carboxylic acid groups (broad SMARTS) is 1. The Bertz CT molecular complexity index is 635. The summed E-state index contributed by atoms with van der Waals surface area (Å²) in [6.07, 6.45) is 2.07. The van der Waals surface area contributed by atoms with Crippen molar-refractivity contribution in [1.82, 2.24) is 20.0 Å². The Kier molecular flexibility index (Phi) is 4.63. The maximum atomic E-state index is 11.9. The fraction of sp³-hybridized carbons (Fsp3) is 0.417. The Morgan fingerprint density at radius 2 is 2.24 bits per heavy atom. The third-order valence-corrected chi connectivity index (χ3v) is 3.30. The lowest BCUT2D eigenvalue weighted by atomic mass is 10.1. The maximum absolute atomic E-state index is 11.9. The number of hydrogen-bond donors (Lipinski definition) is 2. The van der Waals surface area contributed by atoms with E-state index in [1.807, 2.05) is 13.8 Å². The van der Waals surface area contributed by atoms with Crippen LogP contribution >= 0.6 is 11.3 Å². The first kappa shape index (κ1) is 15.1. The fourth-order valence-corrected chi connectivity index (χ4v) is 2.34. The van der Waals surface area contributed by atoms with Crippen LogP contribution < -0.4 is 5.32 Å². The Morgan fingerprint density at radius 1 is 1.48 bits per heavy atom. The van der Waals surface area contributed by atoms with Crippen LogP contribution in [0.4, 0.5) is 5.13 Å². The van der Waals surface area contributed by atoms with Crippen LogP contribution in [0.1, 0.15) is 30.0 Å². The molecule has 0 saturated carbocycles. The van der Waals surface area contributed by atoms with E-state index in [0.29, 0.717) is 17.2 Å². The third-order valence-electron chi connectivity index (χ3n) is 2.61. The van der Waals surface area contributed by atoms with Crippen LogP contribution in [0.2, 0.25) is 0 Å². The van der Waals surface area contributed by atoms with Crippen LogP contribution in [-0.2, 0) is 17.8 Å². The van der Waals surface area contributed by atoms with Gasteiger partial charge in [-0.2, -0.15) is 0 Å². The van der Waals surface area contributed by atoms with Gasteiger partial charge in [0.2, 0.25) is 5.91 Å². The van der Waals surface area contributed by atoms with Crippen LogP contribution in [0.3, 0.4) is 0 Å². The summed E-state index contributed by atoms with van der Waals surface area (Å²) in [5, 5.41) is 21.4. The van der Waals surface area contributed by atoms with Crippen LogP contribution in [0.5, 0.6) is 0 Å². The predicted molar refractivity (Wildman–Crippen MR) is 76.3 cm³/mol. The van der Waals surface area contributed by atoms with Gasteiger partial charge in [0.15, 0.2) is 10.8 Å². The highest BCUT2D eigenvalue weighted by Gasteiger charge is 2.21. The highest BCUT2D eigenvalue weighted by Crippen LogP contribution is 2.13. The Hall–Kier alpha value is -2.29. The van der Waals surface area contributed by atoms with E-state index in [1.54, 1.807) is 11.6 Å². The van der Waals surface area contributed by atoms with Crippen molar-refractivity contribution in [2.45, 2.75) is 26.8 Å². The van der Waals surface area contributed by atoms with E-state index in [-0.39, 0.29) is 24.1 Å². The lowest BCUT2D eigenvalue weighted by Gasteiger charge is -2.08. The van der Waals surface area contributed by atoms with Gasteiger partial charge in [0.1, 0.15) is 6.54 Å². The number of aromatic carboxylic acids is 1. The topological polar surface area (TPSA) is 110 Å². The molecule has 2 aromatic rings. The molecule has 0 aliphatic carbocycles. The van der Waals surface area contributed by atoms with Gasteiger partial charge in [-0.1, -0.05) is 19.1 Å². The number of hydrogen-bond acceptors (Lipinski definition) is 6. The molecule has 0 radical (unpaired) electrons. The molecule has 8 nitrogen and oxygen atoms in total. The monoisotopic (exact) mass is 309 g/mol. The summed E-state index contributed by atoms with van der Waals surface area (Å²) in [6.45, 7) is 3.82. The molecule has 2 heterocycles. The number of carbonyl (C=O) groups is 2. The molecule has 0 aromatic carbocycles. The van der Waals surface area contributed by atoms with E-state index < -0.39 is 5.97 Å². The lowest BCUT2D eigenvalue weighted by molar-refractivity contribution is -0.117. The number of carboxylic acids is 1. The van der Waals surface area contributed by atoms with Crippen molar-refractivity contribution in [1.29, 1.82) is 0 Å². The minimum absolute atomic E-state index is 0.0953. The normalized spacial score (nSPS) is 10.8. The van der Waals surface area contributed by atoms with Crippen LogP contribution in [0, 0.1) is 5.92 Å². The second-order valence-electron chi connectivity index (χ2n) is 4.83. The molecule has 0 aliphatic heterocycles. The molecule has 0 bridgehead atoms. The molecule has 0 unspecified atom stereocenters. The standard InChI is InChI=1S/C12H15N5O3S/c1-7(2)5-8-10(11(19)20)15-16-17(8)6-9(18)14-12-13-3-4-21-12/h3-4,7H,5-6H2,1-2H3,(H,19,20)(H,13,14,18). The molecule has 2 rings (SSSR count). The quantitative estimate of drug-likeness (QED) is 0.831. The van der Waals surface area contributed by atoms with Gasteiger partial charge >= 0.3 is 5.97 Å². The van der Waals surface area contributed by atoms with Crippen molar-refractivity contribution in [3.63, 3.8) is 0 Å². The number of nitrogens with one attached hydrogen (secondary N) is 1. The summed E-state index contributed by atoms with van der Waals surface area (Å²) >= 11 is 1.30. The van der Waals surface area contributed by atoms with Gasteiger partial charge in [-0.3, -0.25) is 4.79 Å². The molecule has 2 N–H and O–H groups in total. The predicted octanol–water partition coefficient (Wildman–Crippen LogP) is 1.27. The molecule has 1 amide bonds. The van der Waals surface area contributed by atoms with Gasteiger partial charge in [0, 0.05) is 11.6 Å². The van der Waals surface area contributed by atoms with E-state index in [0.717, 1.165) is 0 Å². The minimum atomic E-state index is -1.14. The van der Waals surface area contributed by atoms with Crippen LogP contribution in [0.25, 0.3) is 0 Å². The Labute approximate surface area is 124 Å². The highest BCUT2D eigenvalue weighted by atomic mass is 32.1. The van der Waals surface area contributed by atoms with Crippen molar-refractivity contribution >= 4 is 28.3 Å². The lowest BCUT2D eigenvalue weighted by Crippen LogP contribution is -2.22. The zero-order valence-electron chi connectivity index (χ0n) is 11.6. The van der Waals surface area contributed by atoms with Crippen LogP contribution in [-0.4, -0.2) is 37.0 Å². The van der Waals surface area contributed by atoms with Gasteiger partial charge in [-0.25, -0.2) is 14.5 Å². The van der Waals surface area contributed by atoms with Crippen molar-refractivity contribution < 1.29 is 14.7 Å². The molecule has 112 valence electrons. The number of amides is 1. The molecule has 0 spiro atoms. The highest BCUT2D eigenvalue weighted by molar-refractivity contribution is 7.13. The molecular formula is C12H15N5O3S. The Balaban J connectivity index is 2.15. The molecule has 2 aromatic heterocycles. The van der Waals surface area contributed by atoms with Crippen molar-refractivity contribution in [3.05, 3.63) is 23.0 Å². The van der Waals surface area contributed by atoms with E-state index >= 15 is 0 Å². The van der Waals surface area contributed by atoms with Gasteiger partial charge in [0.05, 0.1) is 5.69 Å². The number of anilines is 1. The average Bonchev–Trinajstić information content (AvgIpc) is 3.00. The van der Waals surface area contributed by atoms with Gasteiger partial charge < -0.3 is 10.4 Å². The zero-order chi connectivity index (χ0) is 15.4. The van der Waals surface area contributed by atoms with E-state index in [9.17, 15) is 9.59 Å². The molecule has 0 fully saturated rings. The van der Waals surface area contributed by atoms with Gasteiger partial charge in [0.25, 0.3) is 0 Å².